The molecular formula is C15H14N2. The molecule has 84 valence electrons. The van der Waals surface area contributed by atoms with Gasteiger partial charge in [0.2, 0.25) is 0 Å². The van der Waals surface area contributed by atoms with Crippen LogP contribution in [0.4, 0.5) is 0 Å². The second-order valence-electron chi connectivity index (χ2n) is 4.24. The monoisotopic (exact) mass is 222 g/mol. The van der Waals surface area contributed by atoms with Crippen LogP contribution in [0.1, 0.15) is 18.5 Å². The molecule has 0 aliphatic heterocycles. The summed E-state index contributed by atoms with van der Waals surface area (Å²) < 4.78 is 2.28. The number of rotatable bonds is 2. The van der Waals surface area contributed by atoms with Crippen LogP contribution in [0, 0.1) is 0 Å². The van der Waals surface area contributed by atoms with E-state index in [1.54, 1.807) is 0 Å². The molecule has 1 unspecified atom stereocenters. The number of hydrogen-bond acceptors (Lipinski definition) is 1. The minimum Gasteiger partial charge on any atom is -0.340 e. The summed E-state index contributed by atoms with van der Waals surface area (Å²) in [6, 6.07) is 15.1. The van der Waals surface area contributed by atoms with Gasteiger partial charge in [-0.25, -0.2) is 0 Å². The van der Waals surface area contributed by atoms with Crippen LogP contribution in [0.3, 0.4) is 0 Å². The summed E-state index contributed by atoms with van der Waals surface area (Å²) in [6.07, 6.45) is 5.88. The van der Waals surface area contributed by atoms with Crippen LogP contribution in [0.5, 0.6) is 0 Å². The first-order valence-electron chi connectivity index (χ1n) is 5.82. The second-order valence-corrected chi connectivity index (χ2v) is 4.24. The fourth-order valence-electron chi connectivity index (χ4n) is 2.23. The standard InChI is InChI=1S/C15H14N2/c1-12(13-5-3-2-4-6-13)17-10-8-14-11-16-9-7-15(14)17/h2-12H,1H3. The third-order valence-electron chi connectivity index (χ3n) is 3.22. The Bertz CT molecular complexity index is 625. The van der Waals surface area contributed by atoms with E-state index in [4.69, 9.17) is 0 Å². The van der Waals surface area contributed by atoms with Gasteiger partial charge in [-0.2, -0.15) is 0 Å². The molecule has 1 atom stereocenters. The highest BCUT2D eigenvalue weighted by atomic mass is 15.0. The van der Waals surface area contributed by atoms with Crippen LogP contribution in [-0.4, -0.2) is 9.55 Å². The molecule has 2 nitrogen and oxygen atoms in total. The van der Waals surface area contributed by atoms with Crippen molar-refractivity contribution in [2.24, 2.45) is 0 Å². The number of fused-ring (bicyclic) bond motifs is 1. The van der Waals surface area contributed by atoms with Gasteiger partial charge in [0.25, 0.3) is 0 Å². The molecule has 3 rings (SSSR count). The first-order chi connectivity index (χ1) is 8.36. The van der Waals surface area contributed by atoms with E-state index in [1.165, 1.54) is 16.5 Å². The molecule has 0 bridgehead atoms. The molecule has 0 fully saturated rings. The molecule has 1 aromatic carbocycles. The number of pyridine rings is 1. The van der Waals surface area contributed by atoms with E-state index in [1.807, 2.05) is 18.5 Å². The van der Waals surface area contributed by atoms with E-state index in [9.17, 15) is 0 Å². The SMILES string of the molecule is CC(c1ccccc1)n1ccc2cnccc21. The summed E-state index contributed by atoms with van der Waals surface area (Å²) in [5.74, 6) is 0. The van der Waals surface area contributed by atoms with Gasteiger partial charge in [0.15, 0.2) is 0 Å². The topological polar surface area (TPSA) is 17.8 Å². The zero-order valence-electron chi connectivity index (χ0n) is 9.75. The molecule has 2 heterocycles. The molecule has 0 aliphatic carbocycles. The zero-order valence-corrected chi connectivity index (χ0v) is 9.75. The van der Waals surface area contributed by atoms with Gasteiger partial charge in [-0.15, -0.1) is 0 Å². The highest BCUT2D eigenvalue weighted by Gasteiger charge is 2.09. The molecule has 0 saturated carbocycles. The maximum Gasteiger partial charge on any atom is 0.0557 e. The highest BCUT2D eigenvalue weighted by molar-refractivity contribution is 5.79. The first-order valence-corrected chi connectivity index (χ1v) is 5.82. The maximum atomic E-state index is 4.14. The molecule has 0 radical (unpaired) electrons. The fraction of sp³-hybridized carbons (Fsp3) is 0.133. The van der Waals surface area contributed by atoms with Gasteiger partial charge in [-0.05, 0) is 24.6 Å². The second kappa shape index (κ2) is 4.06. The molecule has 3 aromatic rings. The van der Waals surface area contributed by atoms with Gasteiger partial charge in [-0.3, -0.25) is 4.98 Å². The number of aromatic nitrogens is 2. The Balaban J connectivity index is 2.10. The smallest absolute Gasteiger partial charge is 0.0557 e. The predicted molar refractivity (Wildman–Crippen MR) is 70.0 cm³/mol. The van der Waals surface area contributed by atoms with Crippen LogP contribution >= 0.6 is 0 Å². The predicted octanol–water partition coefficient (Wildman–Crippen LogP) is 3.65. The Labute approximate surface area is 101 Å². The van der Waals surface area contributed by atoms with Gasteiger partial charge in [0, 0.05) is 24.0 Å². The Hall–Kier alpha value is -2.09. The van der Waals surface area contributed by atoms with Crippen molar-refractivity contribution in [1.82, 2.24) is 9.55 Å². The van der Waals surface area contributed by atoms with Gasteiger partial charge in [0.1, 0.15) is 0 Å². The lowest BCUT2D eigenvalue weighted by Crippen LogP contribution is -2.04. The maximum absolute atomic E-state index is 4.14. The van der Waals surface area contributed by atoms with Gasteiger partial charge >= 0.3 is 0 Å². The van der Waals surface area contributed by atoms with Gasteiger partial charge in [-0.1, -0.05) is 30.3 Å². The van der Waals surface area contributed by atoms with Crippen molar-refractivity contribution in [1.29, 1.82) is 0 Å². The molecule has 0 amide bonds. The molecule has 2 aromatic heterocycles. The molecule has 2 heteroatoms. The Morgan fingerprint density at radius 2 is 1.88 bits per heavy atom. The summed E-state index contributed by atoms with van der Waals surface area (Å²) in [5.41, 5.74) is 2.55. The summed E-state index contributed by atoms with van der Waals surface area (Å²) in [4.78, 5) is 4.14. The molecule has 0 saturated heterocycles. The van der Waals surface area contributed by atoms with Crippen LogP contribution in [0.25, 0.3) is 10.9 Å². The lowest BCUT2D eigenvalue weighted by Gasteiger charge is -2.15. The summed E-state index contributed by atoms with van der Waals surface area (Å²) in [6.45, 7) is 2.22. The average Bonchev–Trinajstić information content (AvgIpc) is 2.83. The number of nitrogens with zero attached hydrogens (tertiary/aromatic N) is 2. The number of hydrogen-bond donors (Lipinski definition) is 0. The normalized spacial score (nSPS) is 12.8. The van der Waals surface area contributed by atoms with Gasteiger partial charge in [0.05, 0.1) is 11.6 Å². The third-order valence-corrected chi connectivity index (χ3v) is 3.22. The minimum atomic E-state index is 0.344. The van der Waals surface area contributed by atoms with Crippen molar-refractivity contribution in [3.8, 4) is 0 Å². The first kappa shape index (κ1) is 10.1. The van der Waals surface area contributed by atoms with Crippen molar-refractivity contribution in [2.45, 2.75) is 13.0 Å². The molecular weight excluding hydrogens is 208 g/mol. The Morgan fingerprint density at radius 3 is 2.71 bits per heavy atom. The van der Waals surface area contributed by atoms with Crippen molar-refractivity contribution < 1.29 is 0 Å². The lowest BCUT2D eigenvalue weighted by atomic mass is 10.1. The van der Waals surface area contributed by atoms with Crippen molar-refractivity contribution in [3.05, 3.63) is 66.6 Å². The zero-order chi connectivity index (χ0) is 11.7. The van der Waals surface area contributed by atoms with Crippen molar-refractivity contribution in [3.63, 3.8) is 0 Å². The van der Waals surface area contributed by atoms with Crippen molar-refractivity contribution >= 4 is 10.9 Å². The largest absolute Gasteiger partial charge is 0.340 e. The Morgan fingerprint density at radius 1 is 1.06 bits per heavy atom. The van der Waals surface area contributed by atoms with E-state index in [0.29, 0.717) is 6.04 Å². The number of benzene rings is 1. The van der Waals surface area contributed by atoms with Crippen LogP contribution < -0.4 is 0 Å². The van der Waals surface area contributed by atoms with Crippen LogP contribution in [-0.2, 0) is 0 Å². The highest BCUT2D eigenvalue weighted by Crippen LogP contribution is 2.23. The fourth-order valence-corrected chi connectivity index (χ4v) is 2.23. The Kier molecular flexibility index (Phi) is 2.41. The molecule has 0 aliphatic rings. The lowest BCUT2D eigenvalue weighted by molar-refractivity contribution is 0.664. The molecule has 0 spiro atoms. The minimum absolute atomic E-state index is 0.344. The van der Waals surface area contributed by atoms with Crippen LogP contribution in [0.15, 0.2) is 61.1 Å². The summed E-state index contributed by atoms with van der Waals surface area (Å²) in [5, 5.41) is 1.19. The van der Waals surface area contributed by atoms with E-state index >= 15 is 0 Å². The molecule has 0 N–H and O–H groups in total. The van der Waals surface area contributed by atoms with E-state index in [-0.39, 0.29) is 0 Å². The molecule has 17 heavy (non-hydrogen) atoms. The van der Waals surface area contributed by atoms with Crippen LogP contribution in [0.2, 0.25) is 0 Å². The van der Waals surface area contributed by atoms with E-state index < -0.39 is 0 Å². The van der Waals surface area contributed by atoms with Crippen molar-refractivity contribution in [2.75, 3.05) is 0 Å². The van der Waals surface area contributed by atoms with E-state index in [2.05, 4.69) is 59.1 Å². The quantitative estimate of drug-likeness (QED) is 0.647. The average molecular weight is 222 g/mol. The van der Waals surface area contributed by atoms with E-state index in [0.717, 1.165) is 0 Å². The summed E-state index contributed by atoms with van der Waals surface area (Å²) >= 11 is 0. The third kappa shape index (κ3) is 1.72. The summed E-state index contributed by atoms with van der Waals surface area (Å²) in [7, 11) is 0. The van der Waals surface area contributed by atoms with Gasteiger partial charge < -0.3 is 4.57 Å².